The molecule has 7 heteroatoms. The second-order valence-electron chi connectivity index (χ2n) is 6.52. The molecule has 0 aliphatic carbocycles. The summed E-state index contributed by atoms with van der Waals surface area (Å²) >= 11 is 0. The van der Waals surface area contributed by atoms with Crippen LogP contribution < -0.4 is 5.32 Å². The summed E-state index contributed by atoms with van der Waals surface area (Å²) < 4.78 is 27.3. The lowest BCUT2D eigenvalue weighted by Crippen LogP contribution is -2.51. The van der Waals surface area contributed by atoms with Gasteiger partial charge in [0.15, 0.2) is 0 Å². The third kappa shape index (κ3) is 4.15. The quantitative estimate of drug-likeness (QED) is 0.862. The van der Waals surface area contributed by atoms with E-state index < -0.39 is 10.0 Å². The smallest absolute Gasteiger partial charge is 0.243 e. The Hall–Kier alpha value is -1.44. The maximum Gasteiger partial charge on any atom is 0.243 e. The van der Waals surface area contributed by atoms with E-state index in [-0.39, 0.29) is 23.4 Å². The predicted molar refractivity (Wildman–Crippen MR) is 94.4 cm³/mol. The minimum atomic E-state index is -3.70. The number of piperazine rings is 1. The summed E-state index contributed by atoms with van der Waals surface area (Å²) in [6, 6.07) is 4.81. The lowest BCUT2D eigenvalue weighted by molar-refractivity contribution is -0.132. The van der Waals surface area contributed by atoms with Gasteiger partial charge in [0, 0.05) is 32.2 Å². The van der Waals surface area contributed by atoms with Gasteiger partial charge in [0.25, 0.3) is 0 Å². The van der Waals surface area contributed by atoms with E-state index in [0.717, 1.165) is 24.2 Å². The summed E-state index contributed by atoms with van der Waals surface area (Å²) in [7, 11) is -3.70. The third-order valence-corrected chi connectivity index (χ3v) is 6.44. The fourth-order valence-electron chi connectivity index (χ4n) is 2.70. The first-order valence-electron chi connectivity index (χ1n) is 8.31. The monoisotopic (exact) mass is 353 g/mol. The van der Waals surface area contributed by atoms with Gasteiger partial charge in [-0.3, -0.25) is 4.79 Å². The number of benzene rings is 1. The Bertz CT molecular complexity index is 695. The Labute approximate surface area is 144 Å². The molecule has 1 aromatic carbocycles. The molecule has 24 heavy (non-hydrogen) atoms. The minimum absolute atomic E-state index is 0.118. The largest absolute Gasteiger partial charge is 0.339 e. The average Bonchev–Trinajstić information content (AvgIpc) is 2.55. The van der Waals surface area contributed by atoms with E-state index in [0.29, 0.717) is 13.1 Å². The maximum absolute atomic E-state index is 13.0. The van der Waals surface area contributed by atoms with Crippen LogP contribution in [-0.4, -0.2) is 62.3 Å². The molecule has 1 aliphatic heterocycles. The van der Waals surface area contributed by atoms with Crippen molar-refractivity contribution >= 4 is 15.9 Å². The fourth-order valence-corrected chi connectivity index (χ4v) is 4.37. The molecule has 1 saturated heterocycles. The van der Waals surface area contributed by atoms with Crippen LogP contribution in [0.1, 0.15) is 25.0 Å². The van der Waals surface area contributed by atoms with E-state index in [4.69, 9.17) is 0 Å². The van der Waals surface area contributed by atoms with Crippen molar-refractivity contribution in [2.75, 3.05) is 32.7 Å². The molecule has 134 valence electrons. The van der Waals surface area contributed by atoms with Gasteiger partial charge < -0.3 is 10.2 Å². The zero-order valence-corrected chi connectivity index (χ0v) is 15.7. The predicted octanol–water partition coefficient (Wildman–Crippen LogP) is 1.13. The van der Waals surface area contributed by atoms with Crippen LogP contribution in [0.3, 0.4) is 0 Å². The molecule has 1 fully saturated rings. The van der Waals surface area contributed by atoms with E-state index >= 15 is 0 Å². The van der Waals surface area contributed by atoms with E-state index in [1.54, 1.807) is 36.9 Å². The number of sulfonamides is 1. The number of nitrogens with one attached hydrogen (secondary N) is 1. The molecule has 0 unspecified atom stereocenters. The summed E-state index contributed by atoms with van der Waals surface area (Å²) in [6.45, 7) is 10.0. The Kier molecular flexibility index (Phi) is 6.01. The van der Waals surface area contributed by atoms with E-state index in [1.807, 2.05) is 13.8 Å². The van der Waals surface area contributed by atoms with Crippen LogP contribution in [0.4, 0.5) is 0 Å². The van der Waals surface area contributed by atoms with Crippen molar-refractivity contribution in [3.05, 3.63) is 29.3 Å². The second-order valence-corrected chi connectivity index (χ2v) is 8.41. The molecule has 0 spiro atoms. The molecule has 1 aromatic rings. The molecule has 0 atom stereocenters. The summed E-state index contributed by atoms with van der Waals surface area (Å²) in [4.78, 5) is 14.5. The number of aryl methyl sites for hydroxylation is 2. The maximum atomic E-state index is 13.0. The van der Waals surface area contributed by atoms with Crippen LogP contribution in [0, 0.1) is 13.8 Å². The van der Waals surface area contributed by atoms with Crippen LogP contribution in [0.15, 0.2) is 23.1 Å². The number of nitrogens with zero attached hydrogens (tertiary/aromatic N) is 2. The standard InChI is InChI=1S/C17H27N3O3S/c1-13(2)20(12-17(21)19-9-7-18-8-10-19)24(22,23)16-6-5-14(3)15(4)11-16/h5-6,11,13,18H,7-10,12H2,1-4H3. The Morgan fingerprint density at radius 3 is 2.38 bits per heavy atom. The first-order valence-corrected chi connectivity index (χ1v) is 9.75. The number of amides is 1. The van der Waals surface area contributed by atoms with Gasteiger partial charge in [-0.2, -0.15) is 4.31 Å². The van der Waals surface area contributed by atoms with Crippen molar-refractivity contribution in [1.82, 2.24) is 14.5 Å². The molecule has 6 nitrogen and oxygen atoms in total. The van der Waals surface area contributed by atoms with Gasteiger partial charge >= 0.3 is 0 Å². The molecular formula is C17H27N3O3S. The molecule has 2 rings (SSSR count). The van der Waals surface area contributed by atoms with Crippen molar-refractivity contribution in [1.29, 1.82) is 0 Å². The van der Waals surface area contributed by atoms with Crippen molar-refractivity contribution in [2.24, 2.45) is 0 Å². The number of hydrogen-bond acceptors (Lipinski definition) is 4. The van der Waals surface area contributed by atoms with Crippen LogP contribution in [-0.2, 0) is 14.8 Å². The lowest BCUT2D eigenvalue weighted by Gasteiger charge is -2.31. The topological polar surface area (TPSA) is 69.7 Å². The van der Waals surface area contributed by atoms with Crippen molar-refractivity contribution in [2.45, 2.75) is 38.6 Å². The highest BCUT2D eigenvalue weighted by atomic mass is 32.2. The zero-order chi connectivity index (χ0) is 17.9. The van der Waals surface area contributed by atoms with Gasteiger partial charge in [0.1, 0.15) is 0 Å². The van der Waals surface area contributed by atoms with Gasteiger partial charge in [-0.1, -0.05) is 6.07 Å². The summed E-state index contributed by atoms with van der Waals surface area (Å²) in [5.41, 5.74) is 1.97. The highest BCUT2D eigenvalue weighted by Crippen LogP contribution is 2.21. The highest BCUT2D eigenvalue weighted by Gasteiger charge is 2.31. The van der Waals surface area contributed by atoms with Crippen molar-refractivity contribution < 1.29 is 13.2 Å². The zero-order valence-electron chi connectivity index (χ0n) is 14.9. The van der Waals surface area contributed by atoms with Gasteiger partial charge in [-0.15, -0.1) is 0 Å². The molecule has 1 N–H and O–H groups in total. The van der Waals surface area contributed by atoms with Crippen LogP contribution in [0.5, 0.6) is 0 Å². The summed E-state index contributed by atoms with van der Waals surface area (Å²) in [5, 5.41) is 3.19. The molecule has 0 bridgehead atoms. The van der Waals surface area contributed by atoms with Crippen LogP contribution in [0.2, 0.25) is 0 Å². The number of hydrogen-bond donors (Lipinski definition) is 1. The molecule has 0 radical (unpaired) electrons. The highest BCUT2D eigenvalue weighted by molar-refractivity contribution is 7.89. The molecule has 1 heterocycles. The Morgan fingerprint density at radius 2 is 1.83 bits per heavy atom. The normalized spacial score (nSPS) is 16.0. The molecule has 0 aromatic heterocycles. The van der Waals surface area contributed by atoms with Gasteiger partial charge in [-0.25, -0.2) is 8.42 Å². The minimum Gasteiger partial charge on any atom is -0.339 e. The van der Waals surface area contributed by atoms with Crippen molar-refractivity contribution in [3.63, 3.8) is 0 Å². The Morgan fingerprint density at radius 1 is 1.21 bits per heavy atom. The number of carbonyl (C=O) groups is 1. The van der Waals surface area contributed by atoms with E-state index in [2.05, 4.69) is 5.32 Å². The SMILES string of the molecule is Cc1ccc(S(=O)(=O)N(CC(=O)N2CCNCC2)C(C)C)cc1C. The van der Waals surface area contributed by atoms with Gasteiger partial charge in [0.05, 0.1) is 11.4 Å². The van der Waals surface area contributed by atoms with E-state index in [9.17, 15) is 13.2 Å². The Balaban J connectivity index is 2.24. The summed E-state index contributed by atoms with van der Waals surface area (Å²) in [5.74, 6) is -0.141. The first-order chi connectivity index (χ1) is 11.2. The van der Waals surface area contributed by atoms with Crippen LogP contribution >= 0.6 is 0 Å². The molecule has 1 amide bonds. The fraction of sp³-hybridized carbons (Fsp3) is 0.588. The van der Waals surface area contributed by atoms with Crippen LogP contribution in [0.25, 0.3) is 0 Å². The number of rotatable bonds is 5. The summed E-state index contributed by atoms with van der Waals surface area (Å²) in [6.07, 6.45) is 0. The second kappa shape index (κ2) is 7.63. The lowest BCUT2D eigenvalue weighted by atomic mass is 10.1. The third-order valence-electron chi connectivity index (χ3n) is 4.42. The van der Waals surface area contributed by atoms with Gasteiger partial charge in [-0.05, 0) is 51.0 Å². The molecule has 0 saturated carbocycles. The first kappa shape index (κ1) is 18.9. The molecular weight excluding hydrogens is 326 g/mol. The average molecular weight is 353 g/mol. The molecule has 1 aliphatic rings. The van der Waals surface area contributed by atoms with E-state index in [1.165, 1.54) is 4.31 Å². The van der Waals surface area contributed by atoms with Gasteiger partial charge in [0.2, 0.25) is 15.9 Å². The van der Waals surface area contributed by atoms with Crippen molar-refractivity contribution in [3.8, 4) is 0 Å². The number of carbonyl (C=O) groups excluding carboxylic acids is 1.